The highest BCUT2D eigenvalue weighted by atomic mass is 16.4. The average Bonchev–Trinajstić information content (AvgIpc) is 3.20. The minimum absolute atomic E-state index is 0.337. The van der Waals surface area contributed by atoms with E-state index in [0.29, 0.717) is 18.0 Å². The van der Waals surface area contributed by atoms with Crippen LogP contribution in [0.5, 0.6) is 0 Å². The molecule has 0 aliphatic heterocycles. The summed E-state index contributed by atoms with van der Waals surface area (Å²) in [5.41, 5.74) is 3.46. The van der Waals surface area contributed by atoms with Crippen LogP contribution < -0.4 is 5.63 Å². The summed E-state index contributed by atoms with van der Waals surface area (Å²) >= 11 is 0. The molecule has 6 heteroatoms. The third-order valence-electron chi connectivity index (χ3n) is 5.04. The van der Waals surface area contributed by atoms with Crippen molar-refractivity contribution in [3.05, 3.63) is 51.1 Å². The lowest BCUT2D eigenvalue weighted by Gasteiger charge is -2.11. The second-order valence-electron chi connectivity index (χ2n) is 6.70. The quantitative estimate of drug-likeness (QED) is 0.692. The summed E-state index contributed by atoms with van der Waals surface area (Å²) < 4.78 is 7.20. The Morgan fingerprint density at radius 2 is 1.92 bits per heavy atom. The molecule has 4 rings (SSSR count). The van der Waals surface area contributed by atoms with Crippen molar-refractivity contribution in [3.8, 4) is 0 Å². The van der Waals surface area contributed by atoms with Crippen molar-refractivity contribution in [1.82, 2.24) is 20.2 Å². The normalized spacial score (nSPS) is 15.4. The second-order valence-corrected chi connectivity index (χ2v) is 6.70. The molecule has 3 aromatic rings. The van der Waals surface area contributed by atoms with Gasteiger partial charge in [-0.1, -0.05) is 12.8 Å². The monoisotopic (exact) mass is 324 g/mol. The molecule has 2 aromatic heterocycles. The molecule has 0 radical (unpaired) electrons. The third-order valence-corrected chi connectivity index (χ3v) is 5.04. The van der Waals surface area contributed by atoms with Crippen LogP contribution in [0.15, 0.2) is 27.4 Å². The van der Waals surface area contributed by atoms with Crippen LogP contribution in [0.2, 0.25) is 0 Å². The van der Waals surface area contributed by atoms with Gasteiger partial charge in [-0.25, -0.2) is 9.48 Å². The van der Waals surface area contributed by atoms with Crippen molar-refractivity contribution >= 4 is 11.0 Å². The Labute approximate surface area is 139 Å². The largest absolute Gasteiger partial charge is 0.423 e. The number of hydrogen-bond donors (Lipinski definition) is 0. The SMILES string of the molecule is Cc1cc2oc(=O)cc(Cn3nnnc3C3CCCC3)c2cc1C. The Morgan fingerprint density at radius 3 is 2.71 bits per heavy atom. The summed E-state index contributed by atoms with van der Waals surface area (Å²) in [7, 11) is 0. The van der Waals surface area contributed by atoms with Gasteiger partial charge < -0.3 is 4.42 Å². The zero-order chi connectivity index (χ0) is 16.7. The molecule has 0 amide bonds. The zero-order valence-electron chi connectivity index (χ0n) is 14.0. The minimum atomic E-state index is -0.337. The van der Waals surface area contributed by atoms with Crippen LogP contribution in [0.25, 0.3) is 11.0 Å². The molecule has 1 fully saturated rings. The molecule has 0 spiro atoms. The molecule has 1 saturated carbocycles. The number of benzene rings is 1. The number of hydrogen-bond acceptors (Lipinski definition) is 5. The molecule has 1 aliphatic carbocycles. The van der Waals surface area contributed by atoms with Gasteiger partial charge in [-0.3, -0.25) is 0 Å². The Morgan fingerprint density at radius 1 is 1.17 bits per heavy atom. The first-order valence-electron chi connectivity index (χ1n) is 8.42. The maximum absolute atomic E-state index is 11.9. The van der Waals surface area contributed by atoms with Gasteiger partial charge in [0.2, 0.25) is 0 Å². The fourth-order valence-corrected chi connectivity index (χ4v) is 3.58. The maximum Gasteiger partial charge on any atom is 0.336 e. The topological polar surface area (TPSA) is 73.8 Å². The number of tetrazole rings is 1. The van der Waals surface area contributed by atoms with Gasteiger partial charge >= 0.3 is 5.63 Å². The third kappa shape index (κ3) is 2.62. The molecule has 0 unspecified atom stereocenters. The number of rotatable bonds is 3. The van der Waals surface area contributed by atoms with E-state index in [-0.39, 0.29) is 5.63 Å². The molecule has 124 valence electrons. The molecule has 1 aliphatic rings. The molecule has 24 heavy (non-hydrogen) atoms. The van der Waals surface area contributed by atoms with Crippen LogP contribution in [0.1, 0.15) is 54.1 Å². The van der Waals surface area contributed by atoms with Crippen LogP contribution >= 0.6 is 0 Å². The molecular weight excluding hydrogens is 304 g/mol. The lowest BCUT2D eigenvalue weighted by Crippen LogP contribution is -2.12. The Balaban J connectivity index is 1.79. The van der Waals surface area contributed by atoms with Crippen molar-refractivity contribution in [2.75, 3.05) is 0 Å². The molecular formula is C18H20N4O2. The summed E-state index contributed by atoms with van der Waals surface area (Å²) in [5, 5.41) is 13.2. The standard InChI is InChI=1S/C18H20N4O2/c1-11-7-15-14(9-17(23)24-16(15)8-12(11)2)10-22-18(19-20-21-22)13-5-3-4-6-13/h7-9,13H,3-6,10H2,1-2H3. The van der Waals surface area contributed by atoms with Crippen molar-refractivity contribution in [3.63, 3.8) is 0 Å². The fourth-order valence-electron chi connectivity index (χ4n) is 3.58. The van der Waals surface area contributed by atoms with Crippen LogP contribution in [0, 0.1) is 13.8 Å². The average molecular weight is 324 g/mol. The van der Waals surface area contributed by atoms with Gasteiger partial charge in [-0.05, 0) is 65.9 Å². The van der Waals surface area contributed by atoms with Crippen molar-refractivity contribution in [2.45, 2.75) is 52.0 Å². The Hall–Kier alpha value is -2.50. The van der Waals surface area contributed by atoms with Crippen LogP contribution in [-0.4, -0.2) is 20.2 Å². The van der Waals surface area contributed by atoms with Gasteiger partial charge in [-0.2, -0.15) is 0 Å². The number of aryl methyl sites for hydroxylation is 2. The molecule has 2 heterocycles. The van der Waals surface area contributed by atoms with Crippen molar-refractivity contribution < 1.29 is 4.42 Å². The molecule has 0 N–H and O–H groups in total. The zero-order valence-corrected chi connectivity index (χ0v) is 14.0. The highest BCUT2D eigenvalue weighted by Crippen LogP contribution is 2.33. The van der Waals surface area contributed by atoms with E-state index in [0.717, 1.165) is 35.2 Å². The van der Waals surface area contributed by atoms with E-state index in [1.807, 2.05) is 17.7 Å². The maximum atomic E-state index is 11.9. The minimum Gasteiger partial charge on any atom is -0.423 e. The summed E-state index contributed by atoms with van der Waals surface area (Å²) in [6, 6.07) is 5.55. The van der Waals surface area contributed by atoms with E-state index < -0.39 is 0 Å². The second kappa shape index (κ2) is 5.85. The number of aromatic nitrogens is 4. The number of fused-ring (bicyclic) bond motifs is 1. The Bertz CT molecular complexity index is 951. The number of nitrogens with zero attached hydrogens (tertiary/aromatic N) is 4. The van der Waals surface area contributed by atoms with E-state index in [1.165, 1.54) is 18.4 Å². The molecule has 0 bridgehead atoms. The summed E-state index contributed by atoms with van der Waals surface area (Å²) in [5.74, 6) is 1.35. The lowest BCUT2D eigenvalue weighted by atomic mass is 10.0. The van der Waals surface area contributed by atoms with E-state index in [4.69, 9.17) is 4.42 Å². The summed E-state index contributed by atoms with van der Waals surface area (Å²) in [4.78, 5) is 11.9. The Kier molecular flexibility index (Phi) is 3.67. The molecule has 0 atom stereocenters. The fraction of sp³-hybridized carbons (Fsp3) is 0.444. The van der Waals surface area contributed by atoms with Gasteiger partial charge in [0.1, 0.15) is 5.58 Å². The molecule has 1 aromatic carbocycles. The van der Waals surface area contributed by atoms with Crippen LogP contribution in [0.4, 0.5) is 0 Å². The molecule has 0 saturated heterocycles. The summed E-state index contributed by atoms with van der Waals surface area (Å²) in [6.07, 6.45) is 4.73. The predicted molar refractivity (Wildman–Crippen MR) is 90.1 cm³/mol. The van der Waals surface area contributed by atoms with Crippen LogP contribution in [-0.2, 0) is 6.54 Å². The first kappa shape index (κ1) is 15.1. The van der Waals surface area contributed by atoms with E-state index in [1.54, 1.807) is 6.07 Å². The van der Waals surface area contributed by atoms with Crippen molar-refractivity contribution in [2.24, 2.45) is 0 Å². The van der Waals surface area contributed by atoms with Gasteiger partial charge in [0.25, 0.3) is 0 Å². The van der Waals surface area contributed by atoms with E-state index >= 15 is 0 Å². The van der Waals surface area contributed by atoms with E-state index in [9.17, 15) is 4.79 Å². The smallest absolute Gasteiger partial charge is 0.336 e. The van der Waals surface area contributed by atoms with Crippen molar-refractivity contribution in [1.29, 1.82) is 0 Å². The van der Waals surface area contributed by atoms with E-state index in [2.05, 4.69) is 28.5 Å². The first-order valence-corrected chi connectivity index (χ1v) is 8.42. The van der Waals surface area contributed by atoms with Gasteiger partial charge in [0.05, 0.1) is 6.54 Å². The van der Waals surface area contributed by atoms with Gasteiger partial charge in [0, 0.05) is 17.4 Å². The summed E-state index contributed by atoms with van der Waals surface area (Å²) in [6.45, 7) is 4.56. The lowest BCUT2D eigenvalue weighted by molar-refractivity contribution is 0.545. The van der Waals surface area contributed by atoms with Gasteiger partial charge in [-0.15, -0.1) is 5.10 Å². The predicted octanol–water partition coefficient (Wildman–Crippen LogP) is 3.10. The first-order chi connectivity index (χ1) is 11.6. The highest BCUT2D eigenvalue weighted by molar-refractivity contribution is 5.81. The highest BCUT2D eigenvalue weighted by Gasteiger charge is 2.23. The van der Waals surface area contributed by atoms with Gasteiger partial charge in [0.15, 0.2) is 5.82 Å². The van der Waals surface area contributed by atoms with Crippen LogP contribution in [0.3, 0.4) is 0 Å². The molecule has 6 nitrogen and oxygen atoms in total.